The number of hydrogen-bond donors (Lipinski definition) is 1. The maximum Gasteiger partial charge on any atom is 0.254 e. The van der Waals surface area contributed by atoms with Gasteiger partial charge in [0.05, 0.1) is 26.2 Å². The molecule has 114 valence electrons. The Labute approximate surface area is 133 Å². The molecule has 0 aliphatic carbocycles. The molecule has 1 fully saturated rings. The van der Waals surface area contributed by atoms with E-state index in [4.69, 9.17) is 11.6 Å². The zero-order valence-electron chi connectivity index (χ0n) is 12.1. The van der Waals surface area contributed by atoms with Crippen LogP contribution in [0.15, 0.2) is 48.5 Å². The number of rotatable bonds is 2. The second kappa shape index (κ2) is 6.46. The fourth-order valence-corrected chi connectivity index (χ4v) is 2.99. The van der Waals surface area contributed by atoms with Crippen LogP contribution in [0.5, 0.6) is 0 Å². The van der Waals surface area contributed by atoms with Crippen LogP contribution in [0.3, 0.4) is 0 Å². The zero-order valence-corrected chi connectivity index (χ0v) is 12.8. The van der Waals surface area contributed by atoms with Crippen LogP contribution in [-0.4, -0.2) is 37.0 Å². The lowest BCUT2D eigenvalue weighted by atomic mass is 10.1. The Morgan fingerprint density at radius 3 is 2.50 bits per heavy atom. The Morgan fingerprint density at radius 1 is 1.09 bits per heavy atom. The molecule has 1 N–H and O–H groups in total. The van der Waals surface area contributed by atoms with E-state index in [1.807, 2.05) is 6.07 Å². The first-order chi connectivity index (χ1) is 10.6. The van der Waals surface area contributed by atoms with Crippen molar-refractivity contribution in [2.75, 3.05) is 26.2 Å². The van der Waals surface area contributed by atoms with Gasteiger partial charge in [0.2, 0.25) is 0 Å². The van der Waals surface area contributed by atoms with Crippen molar-refractivity contribution in [1.82, 2.24) is 4.90 Å². The Kier molecular flexibility index (Phi) is 4.41. The third-order valence-electron chi connectivity index (χ3n) is 3.98. The van der Waals surface area contributed by atoms with E-state index in [0.29, 0.717) is 42.5 Å². The molecule has 0 radical (unpaired) electrons. The molecule has 0 spiro atoms. The average molecular weight is 320 g/mol. The Hall–Kier alpha value is -1.91. The average Bonchev–Trinajstić information content (AvgIpc) is 2.55. The van der Waals surface area contributed by atoms with Gasteiger partial charge in [-0.3, -0.25) is 9.69 Å². The summed E-state index contributed by atoms with van der Waals surface area (Å²) in [5, 5.41) is 0.557. The van der Waals surface area contributed by atoms with E-state index in [1.54, 1.807) is 41.3 Å². The summed E-state index contributed by atoms with van der Waals surface area (Å²) >= 11 is 5.93. The lowest BCUT2D eigenvalue weighted by molar-refractivity contribution is -0.838. The van der Waals surface area contributed by atoms with Gasteiger partial charge in [-0.25, -0.2) is 4.39 Å². The Balaban J connectivity index is 1.67. The van der Waals surface area contributed by atoms with Gasteiger partial charge >= 0.3 is 0 Å². The number of halogens is 2. The van der Waals surface area contributed by atoms with Crippen molar-refractivity contribution >= 4 is 23.2 Å². The van der Waals surface area contributed by atoms with Crippen LogP contribution in [0.1, 0.15) is 10.4 Å². The highest BCUT2D eigenvalue weighted by atomic mass is 35.5. The molecule has 1 saturated heterocycles. The van der Waals surface area contributed by atoms with Gasteiger partial charge in [0.25, 0.3) is 5.91 Å². The molecule has 1 aliphatic rings. The van der Waals surface area contributed by atoms with Gasteiger partial charge in [0, 0.05) is 16.7 Å². The van der Waals surface area contributed by atoms with E-state index in [9.17, 15) is 9.18 Å². The van der Waals surface area contributed by atoms with Crippen LogP contribution in [0.4, 0.5) is 10.1 Å². The number of carbonyl (C=O) groups is 1. The van der Waals surface area contributed by atoms with Crippen molar-refractivity contribution in [3.8, 4) is 0 Å². The van der Waals surface area contributed by atoms with Crippen LogP contribution in [0.25, 0.3) is 0 Å². The predicted octanol–water partition coefficient (Wildman–Crippen LogP) is 2.15. The fourth-order valence-electron chi connectivity index (χ4n) is 2.80. The SMILES string of the molecule is O=C(c1cccc(Cl)c1)N1CC[NH+](c2ccccc2F)CC1. The number of carbonyl (C=O) groups excluding carboxylic acids is 1. The molecule has 3 nitrogen and oxygen atoms in total. The molecule has 22 heavy (non-hydrogen) atoms. The van der Waals surface area contributed by atoms with Crippen LogP contribution >= 0.6 is 11.6 Å². The molecule has 0 atom stereocenters. The van der Waals surface area contributed by atoms with Crippen molar-refractivity contribution < 1.29 is 14.1 Å². The molecule has 0 saturated carbocycles. The number of benzene rings is 2. The third kappa shape index (κ3) is 3.13. The number of nitrogens with one attached hydrogen (secondary N) is 1. The van der Waals surface area contributed by atoms with Gasteiger partial charge in [0.15, 0.2) is 11.5 Å². The normalized spacial score (nSPS) is 15.8. The molecule has 2 aromatic rings. The molecule has 2 aromatic carbocycles. The summed E-state index contributed by atoms with van der Waals surface area (Å²) in [4.78, 5) is 15.3. The minimum Gasteiger partial charge on any atom is -0.327 e. The highest BCUT2D eigenvalue weighted by molar-refractivity contribution is 6.30. The maximum atomic E-state index is 13.8. The largest absolute Gasteiger partial charge is 0.327 e. The summed E-state index contributed by atoms with van der Waals surface area (Å²) in [5.41, 5.74) is 1.28. The number of para-hydroxylation sites is 1. The van der Waals surface area contributed by atoms with Gasteiger partial charge < -0.3 is 4.90 Å². The molecule has 0 aromatic heterocycles. The van der Waals surface area contributed by atoms with E-state index in [-0.39, 0.29) is 11.7 Å². The zero-order chi connectivity index (χ0) is 15.5. The van der Waals surface area contributed by atoms with Gasteiger partial charge in [-0.2, -0.15) is 0 Å². The number of piperazine rings is 1. The monoisotopic (exact) mass is 319 g/mol. The lowest BCUT2D eigenvalue weighted by Crippen LogP contribution is -3.10. The molecule has 5 heteroatoms. The molecular weight excluding hydrogens is 303 g/mol. The van der Waals surface area contributed by atoms with Crippen molar-refractivity contribution in [1.29, 1.82) is 0 Å². The van der Waals surface area contributed by atoms with Crippen LogP contribution in [-0.2, 0) is 0 Å². The van der Waals surface area contributed by atoms with E-state index < -0.39 is 0 Å². The lowest BCUT2D eigenvalue weighted by Gasteiger charge is -2.32. The summed E-state index contributed by atoms with van der Waals surface area (Å²) in [5.74, 6) is -0.206. The summed E-state index contributed by atoms with van der Waals surface area (Å²) < 4.78 is 13.8. The smallest absolute Gasteiger partial charge is 0.254 e. The van der Waals surface area contributed by atoms with Crippen molar-refractivity contribution in [2.45, 2.75) is 0 Å². The predicted molar refractivity (Wildman–Crippen MR) is 84.1 cm³/mol. The van der Waals surface area contributed by atoms with Gasteiger partial charge in [-0.05, 0) is 24.3 Å². The molecule has 1 heterocycles. The number of hydrogen-bond acceptors (Lipinski definition) is 1. The number of nitrogens with zero attached hydrogens (tertiary/aromatic N) is 1. The first-order valence-electron chi connectivity index (χ1n) is 7.29. The molecule has 1 aliphatic heterocycles. The third-order valence-corrected chi connectivity index (χ3v) is 4.22. The van der Waals surface area contributed by atoms with Gasteiger partial charge in [-0.15, -0.1) is 0 Å². The Bertz CT molecular complexity index is 684. The fraction of sp³-hybridized carbons (Fsp3) is 0.235. The summed E-state index contributed by atoms with van der Waals surface area (Å²) in [6, 6.07) is 13.8. The van der Waals surface area contributed by atoms with Gasteiger partial charge in [0.1, 0.15) is 0 Å². The quantitative estimate of drug-likeness (QED) is 0.901. The number of quaternary nitrogens is 1. The highest BCUT2D eigenvalue weighted by Crippen LogP contribution is 2.13. The van der Waals surface area contributed by atoms with Crippen molar-refractivity contribution in [3.05, 3.63) is 64.9 Å². The molecule has 1 amide bonds. The van der Waals surface area contributed by atoms with Gasteiger partial charge in [-0.1, -0.05) is 29.8 Å². The van der Waals surface area contributed by atoms with Crippen LogP contribution in [0, 0.1) is 5.82 Å². The number of amides is 1. The molecular formula is C17H17ClFN2O+. The van der Waals surface area contributed by atoms with E-state index in [1.165, 1.54) is 6.07 Å². The maximum absolute atomic E-state index is 13.8. The van der Waals surface area contributed by atoms with Crippen molar-refractivity contribution in [3.63, 3.8) is 0 Å². The van der Waals surface area contributed by atoms with Crippen LogP contribution < -0.4 is 4.90 Å². The standard InChI is InChI=1S/C17H16ClFN2O/c18-14-5-3-4-13(12-14)17(22)21-10-8-20(9-11-21)16-7-2-1-6-15(16)19/h1-7,12H,8-11H2/p+1. The summed E-state index contributed by atoms with van der Waals surface area (Å²) in [7, 11) is 0. The first kappa shape index (κ1) is 15.0. The van der Waals surface area contributed by atoms with Crippen LogP contribution in [0.2, 0.25) is 5.02 Å². The second-order valence-corrected chi connectivity index (χ2v) is 5.82. The Morgan fingerprint density at radius 2 is 1.82 bits per heavy atom. The van der Waals surface area contributed by atoms with E-state index in [0.717, 1.165) is 4.90 Å². The molecule has 3 rings (SSSR count). The summed E-state index contributed by atoms with van der Waals surface area (Å²) in [6.45, 7) is 2.62. The minimum absolute atomic E-state index is 0.0184. The second-order valence-electron chi connectivity index (χ2n) is 5.39. The van der Waals surface area contributed by atoms with E-state index in [2.05, 4.69) is 0 Å². The summed E-state index contributed by atoms with van der Waals surface area (Å²) in [6.07, 6.45) is 0. The molecule has 0 bridgehead atoms. The highest BCUT2D eigenvalue weighted by Gasteiger charge is 2.27. The molecule has 0 unspecified atom stereocenters. The van der Waals surface area contributed by atoms with Crippen molar-refractivity contribution in [2.24, 2.45) is 0 Å². The first-order valence-corrected chi connectivity index (χ1v) is 7.67. The minimum atomic E-state index is -0.188. The topological polar surface area (TPSA) is 24.8 Å². The van der Waals surface area contributed by atoms with E-state index >= 15 is 0 Å².